The fraction of sp³-hybridized carbons (Fsp3) is 0.429. The lowest BCUT2D eigenvalue weighted by atomic mass is 10.1. The normalized spacial score (nSPS) is 15.2. The van der Waals surface area contributed by atoms with Crippen LogP contribution < -0.4 is 10.7 Å². The Morgan fingerprint density at radius 3 is 2.59 bits per heavy atom. The van der Waals surface area contributed by atoms with Gasteiger partial charge in [-0.1, -0.05) is 6.92 Å². The van der Waals surface area contributed by atoms with Gasteiger partial charge in [0.25, 0.3) is 5.56 Å². The molecule has 154 valence electrons. The molecule has 0 spiro atoms. The Morgan fingerprint density at radius 1 is 1.17 bits per heavy atom. The van der Waals surface area contributed by atoms with Gasteiger partial charge in [-0.2, -0.15) is 9.78 Å². The van der Waals surface area contributed by atoms with Crippen molar-refractivity contribution in [3.8, 4) is 22.8 Å². The van der Waals surface area contributed by atoms with Crippen LogP contribution in [0.1, 0.15) is 19.0 Å². The number of aromatic nitrogens is 3. The number of ether oxygens (including phenoxy) is 1. The third-order valence-corrected chi connectivity index (χ3v) is 5.38. The fourth-order valence-electron chi connectivity index (χ4n) is 3.90. The molecule has 29 heavy (non-hydrogen) atoms. The number of morpholine rings is 1. The molecule has 0 bridgehead atoms. The predicted molar refractivity (Wildman–Crippen MR) is 105 cm³/mol. The smallest absolute Gasteiger partial charge is 0.282 e. The van der Waals surface area contributed by atoms with E-state index < -0.39 is 0 Å². The summed E-state index contributed by atoms with van der Waals surface area (Å²) in [6, 6.07) is 7.00. The van der Waals surface area contributed by atoms with Crippen LogP contribution in [0.25, 0.3) is 16.9 Å². The maximum atomic E-state index is 13.2. The van der Waals surface area contributed by atoms with Gasteiger partial charge in [-0.05, 0) is 49.1 Å². The summed E-state index contributed by atoms with van der Waals surface area (Å²) in [5.41, 5.74) is 1.73. The van der Waals surface area contributed by atoms with Crippen molar-refractivity contribution in [2.45, 2.75) is 26.3 Å². The highest BCUT2D eigenvalue weighted by atomic mass is 19.1. The average molecular weight is 399 g/mol. The molecule has 4 rings (SSSR count). The minimum atomic E-state index is -0.382. The molecule has 0 atom stereocenters. The van der Waals surface area contributed by atoms with Gasteiger partial charge < -0.3 is 14.4 Å². The van der Waals surface area contributed by atoms with Gasteiger partial charge in [-0.3, -0.25) is 9.69 Å². The lowest BCUT2D eigenvalue weighted by molar-refractivity contribution is -0.279. The summed E-state index contributed by atoms with van der Waals surface area (Å²) in [6.45, 7) is 6.67. The van der Waals surface area contributed by atoms with Crippen molar-refractivity contribution in [1.29, 1.82) is 0 Å². The van der Waals surface area contributed by atoms with E-state index in [9.17, 15) is 14.3 Å². The van der Waals surface area contributed by atoms with E-state index in [0.717, 1.165) is 39.3 Å². The first-order valence-electron chi connectivity index (χ1n) is 9.97. The zero-order valence-corrected chi connectivity index (χ0v) is 16.4. The third kappa shape index (κ3) is 3.90. The van der Waals surface area contributed by atoms with Gasteiger partial charge >= 0.3 is 0 Å². The zero-order chi connectivity index (χ0) is 20.4. The molecule has 7 nitrogen and oxygen atoms in total. The Hall–Kier alpha value is -2.71. The Morgan fingerprint density at radius 2 is 1.90 bits per heavy atom. The molecular formula is C21H24FN4O3-. The van der Waals surface area contributed by atoms with Crippen molar-refractivity contribution in [3.05, 3.63) is 52.2 Å². The zero-order valence-electron chi connectivity index (χ0n) is 16.4. The molecular weight excluding hydrogens is 375 g/mol. The van der Waals surface area contributed by atoms with Crippen LogP contribution in [-0.4, -0.2) is 52.1 Å². The lowest BCUT2D eigenvalue weighted by Gasteiger charge is -2.28. The number of benzene rings is 1. The van der Waals surface area contributed by atoms with E-state index in [1.54, 1.807) is 4.57 Å². The summed E-state index contributed by atoms with van der Waals surface area (Å²) >= 11 is 0. The van der Waals surface area contributed by atoms with E-state index in [0.29, 0.717) is 35.6 Å². The van der Waals surface area contributed by atoms with Crippen LogP contribution in [0.3, 0.4) is 0 Å². The molecule has 1 saturated heterocycles. The molecule has 0 N–H and O–H groups in total. The first-order chi connectivity index (χ1) is 14.1. The molecule has 3 aliphatic rings. The number of hydrogen-bond donors (Lipinski definition) is 0. The van der Waals surface area contributed by atoms with E-state index in [2.05, 4.69) is 10.00 Å². The molecule has 0 unspecified atom stereocenters. The molecule has 0 aliphatic carbocycles. The number of fused-ring (bicyclic) bond motifs is 1. The fourth-order valence-corrected chi connectivity index (χ4v) is 3.90. The van der Waals surface area contributed by atoms with Crippen molar-refractivity contribution in [2.75, 3.05) is 32.8 Å². The number of nitrogens with zero attached hydrogens (tertiary/aromatic N) is 4. The van der Waals surface area contributed by atoms with E-state index in [4.69, 9.17) is 4.74 Å². The molecule has 0 aromatic heterocycles. The standard InChI is InChI=1S/C21H25FN4O3/c1-2-18-20-17(23-26(21(20)28)16-6-4-15(22)5-7-16)14-19(27)25(18)9-3-8-24-10-12-29-13-11-24/h4-7,14,27H,2-3,8-13H2,1H3/p-1. The van der Waals surface area contributed by atoms with E-state index in [1.807, 2.05) is 6.92 Å². The maximum absolute atomic E-state index is 13.2. The Bertz CT molecular complexity index is 1010. The highest BCUT2D eigenvalue weighted by molar-refractivity contribution is 5.65. The van der Waals surface area contributed by atoms with E-state index in [1.165, 1.54) is 35.0 Å². The molecule has 0 amide bonds. The lowest BCUT2D eigenvalue weighted by Crippen LogP contribution is -2.37. The molecule has 3 aliphatic heterocycles. The topological polar surface area (TPSA) is 75.4 Å². The first-order valence-corrected chi connectivity index (χ1v) is 9.97. The predicted octanol–water partition coefficient (Wildman–Crippen LogP) is 1.64. The van der Waals surface area contributed by atoms with Crippen LogP contribution in [0.2, 0.25) is 0 Å². The average Bonchev–Trinajstić information content (AvgIpc) is 3.05. The first kappa shape index (κ1) is 19.6. The van der Waals surface area contributed by atoms with Crippen LogP contribution in [0.4, 0.5) is 4.39 Å². The second-order valence-electron chi connectivity index (χ2n) is 7.20. The van der Waals surface area contributed by atoms with Gasteiger partial charge in [-0.25, -0.2) is 4.39 Å². The van der Waals surface area contributed by atoms with Gasteiger partial charge in [0.1, 0.15) is 5.82 Å². The maximum Gasteiger partial charge on any atom is 0.282 e. The van der Waals surface area contributed by atoms with Gasteiger partial charge in [0.05, 0.1) is 30.2 Å². The third-order valence-electron chi connectivity index (χ3n) is 5.38. The van der Waals surface area contributed by atoms with Crippen LogP contribution in [-0.2, 0) is 17.7 Å². The summed E-state index contributed by atoms with van der Waals surface area (Å²) in [4.78, 5) is 15.4. The van der Waals surface area contributed by atoms with Crippen LogP contribution >= 0.6 is 0 Å². The summed E-state index contributed by atoms with van der Waals surface area (Å²) < 4.78 is 21.5. The molecule has 0 radical (unpaired) electrons. The highest BCUT2D eigenvalue weighted by Crippen LogP contribution is 2.27. The largest absolute Gasteiger partial charge is 0.860 e. The molecule has 0 saturated carbocycles. The van der Waals surface area contributed by atoms with Crippen LogP contribution in [0.15, 0.2) is 35.1 Å². The minimum Gasteiger partial charge on any atom is -0.860 e. The van der Waals surface area contributed by atoms with Crippen molar-refractivity contribution >= 4 is 0 Å². The second-order valence-corrected chi connectivity index (χ2v) is 7.20. The molecule has 8 heteroatoms. The number of hydrogen-bond acceptors (Lipinski definition) is 5. The SMILES string of the molecule is CCc1c2c(=O)n(-c3ccc(F)cc3)nc-2cc([O-])n1CCCN1CCOCC1. The van der Waals surface area contributed by atoms with E-state index >= 15 is 0 Å². The van der Waals surface area contributed by atoms with Crippen molar-refractivity contribution < 1.29 is 14.2 Å². The number of halogens is 1. The Kier molecular flexibility index (Phi) is 5.64. The molecule has 1 aromatic rings. The second kappa shape index (κ2) is 8.34. The Labute approximate surface area is 168 Å². The van der Waals surface area contributed by atoms with Gasteiger partial charge in [0, 0.05) is 31.9 Å². The number of pyridine rings is 1. The molecule has 1 aromatic carbocycles. The summed E-state index contributed by atoms with van der Waals surface area (Å²) in [5.74, 6) is -0.535. The van der Waals surface area contributed by atoms with Crippen molar-refractivity contribution in [3.63, 3.8) is 0 Å². The summed E-state index contributed by atoms with van der Waals surface area (Å²) in [5, 5.41) is 17.0. The number of rotatable bonds is 6. The van der Waals surface area contributed by atoms with Gasteiger partial charge in [0.2, 0.25) is 0 Å². The van der Waals surface area contributed by atoms with Crippen LogP contribution in [0.5, 0.6) is 5.88 Å². The van der Waals surface area contributed by atoms with Crippen molar-refractivity contribution in [1.82, 2.24) is 19.2 Å². The summed E-state index contributed by atoms with van der Waals surface area (Å²) in [7, 11) is 0. The van der Waals surface area contributed by atoms with Crippen molar-refractivity contribution in [2.24, 2.45) is 0 Å². The molecule has 1 fully saturated rings. The van der Waals surface area contributed by atoms with Crippen LogP contribution in [0, 0.1) is 5.82 Å². The van der Waals surface area contributed by atoms with Gasteiger partial charge in [0.15, 0.2) is 0 Å². The monoisotopic (exact) mass is 399 g/mol. The van der Waals surface area contributed by atoms with Gasteiger partial charge in [-0.15, -0.1) is 0 Å². The molecule has 3 heterocycles. The van der Waals surface area contributed by atoms with E-state index in [-0.39, 0.29) is 17.3 Å². The minimum absolute atomic E-state index is 0.153. The Balaban J connectivity index is 1.66. The highest BCUT2D eigenvalue weighted by Gasteiger charge is 2.22. The summed E-state index contributed by atoms with van der Waals surface area (Å²) in [6.07, 6.45) is 1.37. The quantitative estimate of drug-likeness (QED) is 0.630.